The minimum atomic E-state index is -0.481. The number of methoxy groups -OCH3 is 1. The molecule has 34 heavy (non-hydrogen) atoms. The Balaban J connectivity index is 1.61. The van der Waals surface area contributed by atoms with E-state index in [1.54, 1.807) is 24.5 Å². The summed E-state index contributed by atoms with van der Waals surface area (Å²) in [5.74, 6) is -0.552. The van der Waals surface area contributed by atoms with Gasteiger partial charge in [-0.25, -0.2) is 0 Å². The molecule has 9 heteroatoms. The summed E-state index contributed by atoms with van der Waals surface area (Å²) in [6.45, 7) is 0.572. The van der Waals surface area contributed by atoms with Crippen LogP contribution in [0, 0.1) is 9.39 Å². The van der Waals surface area contributed by atoms with Gasteiger partial charge >= 0.3 is 206 Å². The Morgan fingerprint density at radius 3 is 2.97 bits per heavy atom. The molecule has 2 aromatic heterocycles. The van der Waals surface area contributed by atoms with Gasteiger partial charge in [0.2, 0.25) is 0 Å². The number of aromatic amines is 1. The van der Waals surface area contributed by atoms with Crippen LogP contribution in [0.15, 0.2) is 60.9 Å². The van der Waals surface area contributed by atoms with Crippen LogP contribution in [0.1, 0.15) is 20.0 Å². The molecule has 4 bridgehead atoms. The van der Waals surface area contributed by atoms with Gasteiger partial charge in [-0.2, -0.15) is 0 Å². The van der Waals surface area contributed by atoms with Crippen LogP contribution in [0.25, 0.3) is 11.3 Å². The van der Waals surface area contributed by atoms with E-state index < -0.39 is 27.0 Å². The number of para-hydroxylation sites is 1. The molecule has 2 aromatic carbocycles. The molecule has 1 atom stereocenters. The van der Waals surface area contributed by atoms with Gasteiger partial charge in [-0.3, -0.25) is 0 Å². The SMILES string of the molecule is COc1c(F)cccc1Nc1c2[nH]c3c1C(=O)NCC3[I-]c1cccc(c1)Nc1cnccc1-2. The fraction of sp³-hybridized carbons (Fsp3) is 0.120. The van der Waals surface area contributed by atoms with Crippen LogP contribution in [0.5, 0.6) is 5.75 Å². The van der Waals surface area contributed by atoms with Crippen LogP contribution in [0.4, 0.5) is 27.1 Å². The van der Waals surface area contributed by atoms with E-state index in [-0.39, 0.29) is 15.6 Å². The number of fused-ring (bicyclic) bond motifs is 5. The van der Waals surface area contributed by atoms with Gasteiger partial charge in [0.1, 0.15) is 0 Å². The number of nitrogens with one attached hydrogen (secondary N) is 4. The third-order valence-corrected chi connectivity index (χ3v) is 9.10. The Kier molecular flexibility index (Phi) is 5.13. The predicted molar refractivity (Wildman–Crippen MR) is 124 cm³/mol. The first-order valence-corrected chi connectivity index (χ1v) is 13.0. The number of H-pyrrole nitrogens is 1. The van der Waals surface area contributed by atoms with Crippen molar-refractivity contribution in [3.63, 3.8) is 0 Å². The van der Waals surface area contributed by atoms with Crippen molar-refractivity contribution >= 4 is 28.7 Å². The average molecular weight is 568 g/mol. The third kappa shape index (κ3) is 3.47. The molecule has 0 fully saturated rings. The first kappa shape index (κ1) is 21.0. The number of benzene rings is 2. The van der Waals surface area contributed by atoms with Gasteiger partial charge in [0.05, 0.1) is 0 Å². The summed E-state index contributed by atoms with van der Waals surface area (Å²) in [7, 11) is 1.43. The number of rotatable bonds is 3. The van der Waals surface area contributed by atoms with E-state index in [0.29, 0.717) is 23.5 Å². The fourth-order valence-electron chi connectivity index (χ4n) is 4.39. The van der Waals surface area contributed by atoms with E-state index in [9.17, 15) is 9.18 Å². The molecule has 0 saturated carbocycles. The minimum absolute atomic E-state index is 0.0905. The third-order valence-electron chi connectivity index (χ3n) is 5.89. The number of amides is 1. The number of alkyl halides is 1. The number of aromatic nitrogens is 2. The second kappa shape index (κ2) is 8.32. The van der Waals surface area contributed by atoms with Gasteiger partial charge in [0.25, 0.3) is 0 Å². The Morgan fingerprint density at radius 2 is 2.09 bits per heavy atom. The van der Waals surface area contributed by atoms with E-state index in [0.717, 1.165) is 28.3 Å². The molecule has 7 nitrogen and oxygen atoms in total. The summed E-state index contributed by atoms with van der Waals surface area (Å²) < 4.78 is 21.2. The van der Waals surface area contributed by atoms with Crippen molar-refractivity contribution in [1.82, 2.24) is 15.3 Å². The normalized spacial score (nSPS) is 16.2. The average Bonchev–Trinajstić information content (AvgIpc) is 3.21. The summed E-state index contributed by atoms with van der Waals surface area (Å²) in [4.78, 5) is 21.0. The number of nitrogens with zero attached hydrogens (tertiary/aromatic N) is 1. The molecule has 0 saturated heterocycles. The molecule has 0 spiro atoms. The summed E-state index contributed by atoms with van der Waals surface area (Å²) in [5, 5.41) is 9.87. The number of hydrogen-bond acceptors (Lipinski definition) is 5. The molecule has 6 rings (SSSR count). The first-order chi connectivity index (χ1) is 16.6. The molecule has 1 unspecified atom stereocenters. The van der Waals surface area contributed by atoms with Crippen molar-refractivity contribution < 1.29 is 35.1 Å². The Morgan fingerprint density at radius 1 is 1.21 bits per heavy atom. The van der Waals surface area contributed by atoms with Crippen molar-refractivity contribution in [3.05, 3.63) is 81.6 Å². The number of carbonyl (C=O) groups is 1. The molecular formula is C25H20FIN5O2-. The first-order valence-electron chi connectivity index (χ1n) is 10.7. The van der Waals surface area contributed by atoms with Crippen LogP contribution in [-0.2, 0) is 0 Å². The number of ether oxygens (including phenoxy) is 1. The van der Waals surface area contributed by atoms with Gasteiger partial charge in [0.15, 0.2) is 0 Å². The predicted octanol–water partition coefficient (Wildman–Crippen LogP) is 1.77. The number of hydrogen-bond donors (Lipinski definition) is 4. The van der Waals surface area contributed by atoms with Crippen LogP contribution in [-0.4, -0.2) is 29.5 Å². The zero-order valence-electron chi connectivity index (χ0n) is 18.1. The summed E-state index contributed by atoms with van der Waals surface area (Å²) in [5.41, 5.74) is 5.85. The molecule has 4 aromatic rings. The summed E-state index contributed by atoms with van der Waals surface area (Å²) in [6, 6.07) is 15.0. The Labute approximate surface area is 205 Å². The van der Waals surface area contributed by atoms with E-state index in [4.69, 9.17) is 4.74 Å². The molecule has 0 aliphatic carbocycles. The molecule has 4 heterocycles. The zero-order valence-corrected chi connectivity index (χ0v) is 20.2. The summed E-state index contributed by atoms with van der Waals surface area (Å²) >= 11 is -0.464. The van der Waals surface area contributed by atoms with Crippen LogP contribution < -0.4 is 41.9 Å². The van der Waals surface area contributed by atoms with Crippen LogP contribution >= 0.6 is 0 Å². The van der Waals surface area contributed by atoms with Gasteiger partial charge in [-0.15, -0.1) is 0 Å². The monoisotopic (exact) mass is 568 g/mol. The van der Waals surface area contributed by atoms with Crippen LogP contribution in [0.2, 0.25) is 0 Å². The van der Waals surface area contributed by atoms with E-state index in [2.05, 4.69) is 44.1 Å². The number of carbonyl (C=O) groups excluding carboxylic acids is 1. The topological polar surface area (TPSA) is 91.1 Å². The number of pyridine rings is 1. The quantitative estimate of drug-likeness (QED) is 0.224. The fourth-order valence-corrected chi connectivity index (χ4v) is 7.40. The Hall–Kier alpha value is -3.60. The van der Waals surface area contributed by atoms with Gasteiger partial charge < -0.3 is 0 Å². The van der Waals surface area contributed by atoms with E-state index in [1.165, 1.54) is 16.7 Å². The Bertz CT molecular complexity index is 1440. The number of halogens is 2. The van der Waals surface area contributed by atoms with Crippen molar-refractivity contribution in [1.29, 1.82) is 0 Å². The van der Waals surface area contributed by atoms with Crippen molar-refractivity contribution in [2.75, 3.05) is 24.3 Å². The van der Waals surface area contributed by atoms with Crippen LogP contribution in [0.3, 0.4) is 0 Å². The maximum absolute atomic E-state index is 14.5. The van der Waals surface area contributed by atoms with Crippen molar-refractivity contribution in [2.24, 2.45) is 0 Å². The molecule has 2 aliphatic rings. The summed E-state index contributed by atoms with van der Waals surface area (Å²) in [6.07, 6.45) is 3.48. The molecular weight excluding hydrogens is 548 g/mol. The van der Waals surface area contributed by atoms with Gasteiger partial charge in [-0.1, -0.05) is 0 Å². The second-order valence-electron chi connectivity index (χ2n) is 7.95. The molecule has 4 N–H and O–H groups in total. The second-order valence-corrected chi connectivity index (χ2v) is 11.3. The zero-order chi connectivity index (χ0) is 23.2. The molecule has 2 aliphatic heterocycles. The van der Waals surface area contributed by atoms with Gasteiger partial charge in [-0.05, 0) is 0 Å². The molecule has 1 amide bonds. The van der Waals surface area contributed by atoms with E-state index >= 15 is 0 Å². The van der Waals surface area contributed by atoms with Gasteiger partial charge in [0, 0.05) is 0 Å². The molecule has 172 valence electrons. The van der Waals surface area contributed by atoms with Crippen molar-refractivity contribution in [2.45, 2.75) is 3.92 Å². The van der Waals surface area contributed by atoms with E-state index in [1.807, 2.05) is 12.1 Å². The van der Waals surface area contributed by atoms with Crippen molar-refractivity contribution in [3.8, 4) is 17.0 Å². The number of anilines is 4. The molecule has 0 radical (unpaired) electrons. The standard InChI is InChI=1S/C25H20FIN5O2/c1-34-24-16(26)6-3-7-18(24)31-23-20-22-17(11-29-25(20)33)27-13-4-2-5-14(10-13)30-19-12-28-9-8-15(19)21(23)32-22/h2-10,12,17,30-32H,11H2,1H3,(H,29,33)/q-1. The maximum atomic E-state index is 14.5.